The highest BCUT2D eigenvalue weighted by atomic mass is 28.2. The van der Waals surface area contributed by atoms with Gasteiger partial charge in [0.2, 0.25) is 5.91 Å². The zero-order chi connectivity index (χ0) is 15.3. The molecule has 0 aromatic heterocycles. The molecule has 0 saturated heterocycles. The van der Waals surface area contributed by atoms with Gasteiger partial charge in [0, 0.05) is 13.3 Å². The molecule has 0 unspecified atom stereocenters. The van der Waals surface area contributed by atoms with Crippen molar-refractivity contribution < 1.29 is 30.0 Å². The maximum absolute atomic E-state index is 11.1. The highest BCUT2D eigenvalue weighted by molar-refractivity contribution is 6.54. The largest absolute Gasteiger partial charge is 0.508 e. The summed E-state index contributed by atoms with van der Waals surface area (Å²) in [4.78, 5) is 22.1. The molecule has 7 nitrogen and oxygen atoms in total. The topological polar surface area (TPSA) is 127 Å². The summed E-state index contributed by atoms with van der Waals surface area (Å²) in [7, 11) is -0.409. The van der Waals surface area contributed by atoms with Crippen LogP contribution in [0.4, 0.5) is 0 Å². The standard InChI is InChI=1S/C12H15NO6Si/c1-6(14)13-9(11(16)17)4-7-2-3-8(15)5-10(7)20-12(18)19/h2-3,5,9,12,15,18-19H,4H2,1H3,(H,13,14)(H,16,17)/t9-/m0/s1. The second-order valence-electron chi connectivity index (χ2n) is 4.15. The van der Waals surface area contributed by atoms with Gasteiger partial charge in [0.05, 0.1) is 0 Å². The maximum Gasteiger partial charge on any atom is 0.326 e. The molecule has 0 spiro atoms. The number of amides is 1. The number of aliphatic hydroxyl groups excluding tert-OH is 1. The molecule has 0 saturated carbocycles. The van der Waals surface area contributed by atoms with Crippen molar-refractivity contribution in [1.82, 2.24) is 5.32 Å². The summed E-state index contributed by atoms with van der Waals surface area (Å²) >= 11 is 0. The summed E-state index contributed by atoms with van der Waals surface area (Å²) in [5.74, 6) is -3.29. The van der Waals surface area contributed by atoms with Crippen LogP contribution in [-0.4, -0.2) is 53.8 Å². The average Bonchev–Trinajstić information content (AvgIpc) is 2.29. The number of phenolic OH excluding ortho intramolecular Hbond substituents is 1. The number of nitrogens with one attached hydrogen (secondary N) is 1. The van der Waals surface area contributed by atoms with Crippen molar-refractivity contribution >= 4 is 26.6 Å². The van der Waals surface area contributed by atoms with Gasteiger partial charge in [-0.3, -0.25) is 4.79 Å². The number of carboxylic acid groups (broad SMARTS) is 1. The van der Waals surface area contributed by atoms with Crippen molar-refractivity contribution in [2.75, 3.05) is 0 Å². The number of hydrogen-bond acceptors (Lipinski definition) is 5. The number of benzene rings is 1. The van der Waals surface area contributed by atoms with Crippen LogP contribution in [0.1, 0.15) is 12.5 Å². The molecule has 1 atom stereocenters. The third-order valence-corrected chi connectivity index (χ3v) is 3.51. The number of aromatic hydroxyl groups is 1. The molecule has 0 aliphatic heterocycles. The van der Waals surface area contributed by atoms with Crippen LogP contribution >= 0.6 is 0 Å². The van der Waals surface area contributed by atoms with Crippen molar-refractivity contribution in [3.05, 3.63) is 23.8 Å². The molecule has 0 fully saturated rings. The Morgan fingerprint density at radius 1 is 1.35 bits per heavy atom. The van der Waals surface area contributed by atoms with Crippen LogP contribution in [0.25, 0.3) is 0 Å². The smallest absolute Gasteiger partial charge is 0.326 e. The molecular weight excluding hydrogens is 282 g/mol. The van der Waals surface area contributed by atoms with Gasteiger partial charge in [-0.25, -0.2) is 4.79 Å². The number of carbonyl (C=O) groups is 2. The Morgan fingerprint density at radius 2 is 2.00 bits per heavy atom. The van der Waals surface area contributed by atoms with Crippen LogP contribution in [0.3, 0.4) is 0 Å². The number of carbonyl (C=O) groups excluding carboxylic acids is 1. The fourth-order valence-corrected chi connectivity index (χ4v) is 2.56. The summed E-state index contributed by atoms with van der Waals surface area (Å²) in [6, 6.07) is 3.11. The number of aliphatic carboxylic acids is 1. The Morgan fingerprint density at radius 3 is 2.50 bits per heavy atom. The molecule has 8 heteroatoms. The Labute approximate surface area is 117 Å². The Hall–Kier alpha value is -1.90. The molecule has 0 aliphatic carbocycles. The Kier molecular flexibility index (Phi) is 5.68. The minimum absolute atomic E-state index is 0.00968. The maximum atomic E-state index is 11.1. The quantitative estimate of drug-likeness (QED) is 0.309. The SMILES string of the molecule is CC(=O)N[C@@H](Cc1ccc(O)cc1[Si]C(O)O)C(=O)O. The van der Waals surface area contributed by atoms with Gasteiger partial charge in [0.25, 0.3) is 0 Å². The van der Waals surface area contributed by atoms with Crippen LogP contribution in [0, 0.1) is 0 Å². The second-order valence-corrected chi connectivity index (χ2v) is 5.50. The lowest BCUT2D eigenvalue weighted by atomic mass is 10.1. The Balaban J connectivity index is 2.99. The number of hydrogen-bond donors (Lipinski definition) is 5. The van der Waals surface area contributed by atoms with E-state index in [2.05, 4.69) is 5.32 Å². The summed E-state index contributed by atoms with van der Waals surface area (Å²) in [6.07, 6.45) is -0.00968. The number of aliphatic hydroxyl groups is 2. The first-order valence-corrected chi connectivity index (χ1v) is 6.82. The van der Waals surface area contributed by atoms with E-state index in [9.17, 15) is 14.7 Å². The molecule has 0 heterocycles. The minimum atomic E-state index is -1.58. The van der Waals surface area contributed by atoms with E-state index in [1.165, 1.54) is 25.1 Å². The van der Waals surface area contributed by atoms with Crippen LogP contribution in [-0.2, 0) is 16.0 Å². The monoisotopic (exact) mass is 297 g/mol. The lowest BCUT2D eigenvalue weighted by Gasteiger charge is -2.16. The molecule has 0 aliphatic rings. The predicted octanol–water partition coefficient (Wildman–Crippen LogP) is -1.88. The highest BCUT2D eigenvalue weighted by Crippen LogP contribution is 2.10. The fraction of sp³-hybridized carbons (Fsp3) is 0.333. The summed E-state index contributed by atoms with van der Waals surface area (Å²) in [5.41, 5.74) is 0.524. The van der Waals surface area contributed by atoms with Crippen molar-refractivity contribution in [2.24, 2.45) is 0 Å². The van der Waals surface area contributed by atoms with Crippen molar-refractivity contribution in [3.63, 3.8) is 0 Å². The zero-order valence-corrected chi connectivity index (χ0v) is 11.7. The van der Waals surface area contributed by atoms with Gasteiger partial charge in [0.15, 0.2) is 9.52 Å². The number of carboxylic acids is 1. The lowest BCUT2D eigenvalue weighted by Crippen LogP contribution is -2.43. The molecule has 1 rings (SSSR count). The minimum Gasteiger partial charge on any atom is -0.508 e. The van der Waals surface area contributed by atoms with Gasteiger partial charge in [-0.2, -0.15) is 0 Å². The Bertz CT molecular complexity index is 505. The van der Waals surface area contributed by atoms with Crippen molar-refractivity contribution in [1.29, 1.82) is 0 Å². The summed E-state index contributed by atoms with van der Waals surface area (Å²) < 4.78 is 0. The van der Waals surface area contributed by atoms with Gasteiger partial charge in [-0.05, 0) is 17.7 Å². The van der Waals surface area contributed by atoms with Crippen LogP contribution in [0.5, 0.6) is 5.75 Å². The summed E-state index contributed by atoms with van der Waals surface area (Å²) in [6.45, 7) is 1.22. The van der Waals surface area contributed by atoms with E-state index in [0.717, 1.165) is 0 Å². The first-order valence-electron chi connectivity index (χ1n) is 5.74. The van der Waals surface area contributed by atoms with Gasteiger partial charge in [0.1, 0.15) is 17.7 Å². The van der Waals surface area contributed by atoms with Gasteiger partial charge < -0.3 is 25.7 Å². The average molecular weight is 297 g/mol. The molecule has 1 aromatic carbocycles. The van der Waals surface area contributed by atoms with E-state index >= 15 is 0 Å². The molecule has 0 bridgehead atoms. The molecule has 2 radical (unpaired) electrons. The fourth-order valence-electron chi connectivity index (χ4n) is 1.68. The number of phenols is 1. The van der Waals surface area contributed by atoms with E-state index in [0.29, 0.717) is 10.8 Å². The summed E-state index contributed by atoms with van der Waals surface area (Å²) in [5, 5.41) is 39.2. The second kappa shape index (κ2) is 7.03. The van der Waals surface area contributed by atoms with Gasteiger partial charge >= 0.3 is 5.97 Å². The first-order chi connectivity index (χ1) is 9.29. The molecule has 1 amide bonds. The molecule has 20 heavy (non-hydrogen) atoms. The van der Waals surface area contributed by atoms with E-state index < -0.39 is 33.4 Å². The number of rotatable bonds is 6. The zero-order valence-electron chi connectivity index (χ0n) is 10.7. The molecular formula is C12H15NO6Si. The van der Waals surface area contributed by atoms with E-state index in [4.69, 9.17) is 15.3 Å². The molecule has 1 aromatic rings. The molecule has 108 valence electrons. The van der Waals surface area contributed by atoms with Crippen LogP contribution in [0.15, 0.2) is 18.2 Å². The van der Waals surface area contributed by atoms with Crippen LogP contribution in [0.2, 0.25) is 0 Å². The predicted molar refractivity (Wildman–Crippen MR) is 70.7 cm³/mol. The lowest BCUT2D eigenvalue weighted by molar-refractivity contribution is -0.141. The van der Waals surface area contributed by atoms with Crippen molar-refractivity contribution in [3.8, 4) is 5.75 Å². The van der Waals surface area contributed by atoms with E-state index in [1.54, 1.807) is 0 Å². The van der Waals surface area contributed by atoms with Gasteiger partial charge in [-0.15, -0.1) is 0 Å². The van der Waals surface area contributed by atoms with E-state index in [-0.39, 0.29) is 12.2 Å². The third kappa shape index (κ3) is 5.00. The van der Waals surface area contributed by atoms with E-state index in [1.807, 2.05) is 0 Å². The third-order valence-electron chi connectivity index (χ3n) is 2.48. The van der Waals surface area contributed by atoms with Gasteiger partial charge in [-0.1, -0.05) is 11.3 Å². The van der Waals surface area contributed by atoms with Crippen molar-refractivity contribution in [2.45, 2.75) is 25.3 Å². The normalized spacial score (nSPS) is 12.2. The highest BCUT2D eigenvalue weighted by Gasteiger charge is 2.21. The first kappa shape index (κ1) is 16.2. The van der Waals surface area contributed by atoms with Crippen LogP contribution < -0.4 is 10.5 Å². The molecule has 5 N–H and O–H groups in total.